The number of carbonyl (C=O) groups excluding carboxylic acids is 1. The van der Waals surface area contributed by atoms with Crippen LogP contribution >= 0.6 is 11.8 Å². The molecule has 0 amide bonds. The molecule has 0 bridgehead atoms. The van der Waals surface area contributed by atoms with Gasteiger partial charge in [0.2, 0.25) is 11.5 Å². The van der Waals surface area contributed by atoms with Gasteiger partial charge >= 0.3 is 5.97 Å². The number of aliphatic carboxylic acids is 1. The van der Waals surface area contributed by atoms with E-state index < -0.39 is 18.4 Å². The highest BCUT2D eigenvalue weighted by Crippen LogP contribution is 2.50. The number of fused-ring (bicyclic) bond motifs is 6. The molecule has 1 aromatic heterocycles. The van der Waals surface area contributed by atoms with Crippen molar-refractivity contribution in [3.8, 4) is 0 Å². The molecule has 8 nitrogen and oxygen atoms in total. The maximum atomic E-state index is 12.3. The third-order valence-corrected chi connectivity index (χ3v) is 6.56. The Morgan fingerprint density at radius 2 is 2.06 bits per heavy atom. The molecule has 4 aliphatic rings. The van der Waals surface area contributed by atoms with E-state index in [-0.39, 0.29) is 11.9 Å². The Morgan fingerprint density at radius 3 is 2.87 bits per heavy atom. The van der Waals surface area contributed by atoms with Gasteiger partial charge in [0, 0.05) is 24.1 Å². The highest BCUT2D eigenvalue weighted by molar-refractivity contribution is 8.03. The van der Waals surface area contributed by atoms with Crippen LogP contribution in [0.5, 0.6) is 0 Å². The molecule has 1 unspecified atom stereocenters. The SMILES string of the molecule is O=C(O)COC1=C2OC3CCN4C(=C3C=C2C=CC1=O)Sc1nc2ccccc2nc14. The summed E-state index contributed by atoms with van der Waals surface area (Å²) in [6, 6.07) is 7.80. The number of aromatic nitrogens is 2. The largest absolute Gasteiger partial charge is 0.481 e. The van der Waals surface area contributed by atoms with Crippen LogP contribution in [0.15, 0.2) is 75.2 Å². The van der Waals surface area contributed by atoms with Gasteiger partial charge in [-0.2, -0.15) is 0 Å². The molecule has 3 aliphatic heterocycles. The number of carboxylic acids is 1. The predicted molar refractivity (Wildman–Crippen MR) is 112 cm³/mol. The smallest absolute Gasteiger partial charge is 0.341 e. The Morgan fingerprint density at radius 1 is 1.26 bits per heavy atom. The van der Waals surface area contributed by atoms with Gasteiger partial charge in [0.15, 0.2) is 18.2 Å². The van der Waals surface area contributed by atoms with Crippen molar-refractivity contribution in [2.24, 2.45) is 0 Å². The van der Waals surface area contributed by atoms with E-state index in [0.29, 0.717) is 24.3 Å². The van der Waals surface area contributed by atoms with Crippen LogP contribution in [0, 0.1) is 0 Å². The zero-order chi connectivity index (χ0) is 21.1. The number of rotatable bonds is 3. The zero-order valence-electron chi connectivity index (χ0n) is 16.1. The Bertz CT molecular complexity index is 1310. The molecule has 31 heavy (non-hydrogen) atoms. The second-order valence-electron chi connectivity index (χ2n) is 7.39. The lowest BCUT2D eigenvalue weighted by molar-refractivity contribution is -0.141. The van der Waals surface area contributed by atoms with Crippen LogP contribution in [0.2, 0.25) is 0 Å². The predicted octanol–water partition coefficient (Wildman–Crippen LogP) is 2.93. The lowest BCUT2D eigenvalue weighted by atomic mass is 9.93. The van der Waals surface area contributed by atoms with Gasteiger partial charge in [0.1, 0.15) is 11.1 Å². The molecule has 154 valence electrons. The molecule has 9 heteroatoms. The number of allylic oxidation sites excluding steroid dienone is 2. The minimum Gasteiger partial charge on any atom is -0.481 e. The van der Waals surface area contributed by atoms with Crippen LogP contribution in [-0.2, 0) is 19.1 Å². The van der Waals surface area contributed by atoms with Gasteiger partial charge in [0.05, 0.1) is 16.1 Å². The summed E-state index contributed by atoms with van der Waals surface area (Å²) in [4.78, 5) is 34.9. The van der Waals surface area contributed by atoms with Gasteiger partial charge in [-0.1, -0.05) is 12.1 Å². The zero-order valence-corrected chi connectivity index (χ0v) is 16.9. The molecule has 1 N–H and O–H groups in total. The summed E-state index contributed by atoms with van der Waals surface area (Å²) in [5.41, 5.74) is 3.39. The first kappa shape index (κ1) is 18.2. The summed E-state index contributed by atoms with van der Waals surface area (Å²) >= 11 is 1.57. The van der Waals surface area contributed by atoms with E-state index in [9.17, 15) is 9.59 Å². The summed E-state index contributed by atoms with van der Waals surface area (Å²) in [6.45, 7) is 0.0968. The number of para-hydroxylation sites is 2. The average molecular weight is 433 g/mol. The Labute approximate surface area is 180 Å². The van der Waals surface area contributed by atoms with Crippen molar-refractivity contribution in [2.75, 3.05) is 18.1 Å². The van der Waals surface area contributed by atoms with Crippen molar-refractivity contribution in [3.63, 3.8) is 0 Å². The summed E-state index contributed by atoms with van der Waals surface area (Å²) in [6.07, 6.45) is 5.45. The first-order valence-electron chi connectivity index (χ1n) is 9.75. The fraction of sp³-hybridized carbons (Fsp3) is 0.182. The molecule has 4 heterocycles. The average Bonchev–Trinajstić information content (AvgIpc) is 3.13. The van der Waals surface area contributed by atoms with Crippen LogP contribution in [0.4, 0.5) is 5.82 Å². The first-order chi connectivity index (χ1) is 15.1. The highest BCUT2D eigenvalue weighted by Gasteiger charge is 2.41. The normalized spacial score (nSPS) is 21.3. The minimum atomic E-state index is -1.15. The van der Waals surface area contributed by atoms with E-state index in [1.807, 2.05) is 30.3 Å². The van der Waals surface area contributed by atoms with Crippen LogP contribution < -0.4 is 4.90 Å². The number of nitrogens with zero attached hydrogens (tertiary/aromatic N) is 3. The number of ketones is 1. The Hall–Kier alpha value is -3.59. The number of benzene rings is 1. The molecule has 0 saturated heterocycles. The molecule has 2 aromatic rings. The highest BCUT2D eigenvalue weighted by atomic mass is 32.2. The number of hydrogen-bond donors (Lipinski definition) is 1. The number of anilines is 1. The van der Waals surface area contributed by atoms with Crippen molar-refractivity contribution in [3.05, 3.63) is 70.2 Å². The van der Waals surface area contributed by atoms with Crippen molar-refractivity contribution < 1.29 is 24.2 Å². The number of ether oxygens (including phenoxy) is 2. The molecule has 6 rings (SSSR count). The third-order valence-electron chi connectivity index (χ3n) is 5.44. The minimum absolute atomic E-state index is 0.0560. The van der Waals surface area contributed by atoms with Crippen molar-refractivity contribution in [1.82, 2.24) is 9.97 Å². The van der Waals surface area contributed by atoms with E-state index in [1.54, 1.807) is 17.8 Å². The maximum Gasteiger partial charge on any atom is 0.341 e. The lowest BCUT2D eigenvalue weighted by Crippen LogP contribution is -2.36. The maximum absolute atomic E-state index is 12.3. The first-order valence-corrected chi connectivity index (χ1v) is 10.6. The molecule has 0 saturated carbocycles. The van der Waals surface area contributed by atoms with Gasteiger partial charge in [0.25, 0.3) is 0 Å². The van der Waals surface area contributed by atoms with E-state index in [0.717, 1.165) is 32.5 Å². The molecular formula is C22H15N3O5S. The van der Waals surface area contributed by atoms with Crippen LogP contribution in [0.3, 0.4) is 0 Å². The molecule has 1 atom stereocenters. The van der Waals surface area contributed by atoms with Gasteiger partial charge in [-0.15, -0.1) is 0 Å². The summed E-state index contributed by atoms with van der Waals surface area (Å²) < 4.78 is 11.4. The summed E-state index contributed by atoms with van der Waals surface area (Å²) in [5.74, 6) is -0.451. The standard InChI is InChI=1S/C22H15N3O5S/c26-15-6-5-11-9-12-16(30-18(11)19(15)29-10-17(27)28)7-8-25-20-21(31-22(12)25)24-14-4-2-1-3-13(14)23-20/h1-6,9,16H,7-8,10H2,(H,27,28). The van der Waals surface area contributed by atoms with Crippen LogP contribution in [0.1, 0.15) is 6.42 Å². The summed E-state index contributed by atoms with van der Waals surface area (Å²) in [7, 11) is 0. The monoisotopic (exact) mass is 433 g/mol. The van der Waals surface area contributed by atoms with Gasteiger partial charge < -0.3 is 19.5 Å². The third kappa shape index (κ3) is 2.84. The molecule has 0 spiro atoms. The van der Waals surface area contributed by atoms with E-state index in [4.69, 9.17) is 24.5 Å². The van der Waals surface area contributed by atoms with E-state index in [1.165, 1.54) is 6.08 Å². The van der Waals surface area contributed by atoms with Crippen molar-refractivity contribution in [2.45, 2.75) is 17.6 Å². The van der Waals surface area contributed by atoms with Crippen molar-refractivity contribution in [1.29, 1.82) is 0 Å². The van der Waals surface area contributed by atoms with Gasteiger partial charge in [-0.3, -0.25) is 4.79 Å². The van der Waals surface area contributed by atoms with Gasteiger partial charge in [-0.25, -0.2) is 14.8 Å². The molecule has 1 aliphatic carbocycles. The van der Waals surface area contributed by atoms with Crippen LogP contribution in [-0.4, -0.2) is 46.1 Å². The number of carboxylic acid groups (broad SMARTS) is 1. The Balaban J connectivity index is 1.43. The number of thioether (sulfide) groups is 1. The Kier molecular flexibility index (Phi) is 3.94. The second kappa shape index (κ2) is 6.71. The fourth-order valence-corrected chi connectivity index (χ4v) is 5.25. The van der Waals surface area contributed by atoms with Gasteiger partial charge in [-0.05, 0) is 42.1 Å². The molecular weight excluding hydrogens is 418 g/mol. The van der Waals surface area contributed by atoms with E-state index in [2.05, 4.69) is 4.90 Å². The number of hydrogen-bond acceptors (Lipinski definition) is 8. The number of carbonyl (C=O) groups is 2. The summed E-state index contributed by atoms with van der Waals surface area (Å²) in [5, 5.41) is 10.8. The molecule has 0 radical (unpaired) electrons. The lowest BCUT2D eigenvalue weighted by Gasteiger charge is -2.36. The topological polar surface area (TPSA) is 102 Å². The molecule has 0 fully saturated rings. The fourth-order valence-electron chi connectivity index (χ4n) is 4.08. The molecule has 1 aromatic carbocycles. The second-order valence-corrected chi connectivity index (χ2v) is 8.37. The quantitative estimate of drug-likeness (QED) is 0.783. The van der Waals surface area contributed by atoms with E-state index >= 15 is 0 Å². The van der Waals surface area contributed by atoms with Crippen LogP contribution in [0.25, 0.3) is 11.0 Å². The van der Waals surface area contributed by atoms with Crippen molar-refractivity contribution >= 4 is 40.4 Å².